The quantitative estimate of drug-likeness (QED) is 0.861. The van der Waals surface area contributed by atoms with Crippen LogP contribution in [0.2, 0.25) is 0 Å². The summed E-state index contributed by atoms with van der Waals surface area (Å²) in [6.45, 7) is 3.10. The second-order valence-corrected chi connectivity index (χ2v) is 4.81. The summed E-state index contributed by atoms with van der Waals surface area (Å²) in [5.74, 6) is 0. The summed E-state index contributed by atoms with van der Waals surface area (Å²) in [6.07, 6.45) is 1.82. The average Bonchev–Trinajstić information content (AvgIpc) is 2.41. The predicted molar refractivity (Wildman–Crippen MR) is 67.8 cm³/mol. The van der Waals surface area contributed by atoms with Crippen LogP contribution in [-0.2, 0) is 11.3 Å². The lowest BCUT2D eigenvalue weighted by Gasteiger charge is -2.39. The monoisotopic (exact) mass is 235 g/mol. The Bertz CT molecular complexity index is 325. The molecule has 94 valence electrons. The highest BCUT2D eigenvalue weighted by Crippen LogP contribution is 2.25. The normalized spacial score (nSPS) is 20.4. The molecule has 1 saturated heterocycles. The zero-order chi connectivity index (χ0) is 12.1. The van der Waals surface area contributed by atoms with E-state index in [2.05, 4.69) is 29.2 Å². The largest absolute Gasteiger partial charge is 0.393 e. The molecule has 0 aliphatic carbocycles. The van der Waals surface area contributed by atoms with E-state index in [1.165, 1.54) is 5.56 Å². The Morgan fingerprint density at radius 3 is 2.41 bits per heavy atom. The number of methoxy groups -OCH3 is 1. The van der Waals surface area contributed by atoms with Crippen molar-refractivity contribution in [3.05, 3.63) is 35.9 Å². The van der Waals surface area contributed by atoms with Crippen LogP contribution in [0.25, 0.3) is 0 Å². The minimum absolute atomic E-state index is 0.128. The number of rotatable bonds is 4. The summed E-state index contributed by atoms with van der Waals surface area (Å²) >= 11 is 0. The van der Waals surface area contributed by atoms with Gasteiger partial charge in [0.2, 0.25) is 0 Å². The van der Waals surface area contributed by atoms with Crippen molar-refractivity contribution in [3.8, 4) is 0 Å². The lowest BCUT2D eigenvalue weighted by molar-refractivity contribution is -0.0899. The number of aliphatic hydroxyl groups is 1. The molecule has 0 unspecified atom stereocenters. The van der Waals surface area contributed by atoms with Gasteiger partial charge in [0.05, 0.1) is 12.2 Å². The van der Waals surface area contributed by atoms with Gasteiger partial charge in [0.1, 0.15) is 0 Å². The summed E-state index contributed by atoms with van der Waals surface area (Å²) in [6, 6.07) is 10.5. The molecule has 1 aromatic carbocycles. The minimum Gasteiger partial charge on any atom is -0.393 e. The number of hydrogen-bond donors (Lipinski definition) is 1. The summed E-state index contributed by atoms with van der Waals surface area (Å²) < 4.78 is 5.45. The summed E-state index contributed by atoms with van der Waals surface area (Å²) in [7, 11) is 1.70. The van der Waals surface area contributed by atoms with E-state index in [0.717, 1.165) is 32.5 Å². The van der Waals surface area contributed by atoms with E-state index in [1.54, 1.807) is 7.11 Å². The van der Waals surface area contributed by atoms with Gasteiger partial charge in [0, 0.05) is 26.7 Å². The van der Waals surface area contributed by atoms with E-state index in [1.807, 2.05) is 6.07 Å². The van der Waals surface area contributed by atoms with E-state index >= 15 is 0 Å². The number of likely N-dealkylation sites (tertiary alicyclic amines) is 1. The molecule has 0 atom stereocenters. The van der Waals surface area contributed by atoms with Crippen LogP contribution in [0, 0.1) is 0 Å². The molecule has 2 rings (SSSR count). The Balaban J connectivity index is 1.87. The summed E-state index contributed by atoms with van der Waals surface area (Å²) in [5.41, 5.74) is 1.05. The van der Waals surface area contributed by atoms with Crippen LogP contribution in [0.5, 0.6) is 0 Å². The van der Waals surface area contributed by atoms with Gasteiger partial charge in [-0.3, -0.25) is 4.90 Å². The van der Waals surface area contributed by atoms with Crippen LogP contribution in [-0.4, -0.2) is 42.4 Å². The molecule has 1 aliphatic heterocycles. The minimum atomic E-state index is -0.298. The van der Waals surface area contributed by atoms with E-state index in [9.17, 15) is 5.11 Å². The third-order valence-electron chi connectivity index (χ3n) is 3.74. The molecular formula is C14H21NO2. The Morgan fingerprint density at radius 1 is 1.24 bits per heavy atom. The number of nitrogens with zero attached hydrogens (tertiary/aromatic N) is 1. The second-order valence-electron chi connectivity index (χ2n) is 4.81. The van der Waals surface area contributed by atoms with Crippen LogP contribution in [0.15, 0.2) is 30.3 Å². The molecule has 1 N–H and O–H groups in total. The van der Waals surface area contributed by atoms with Gasteiger partial charge in [-0.1, -0.05) is 30.3 Å². The van der Waals surface area contributed by atoms with Crippen molar-refractivity contribution in [3.63, 3.8) is 0 Å². The molecular weight excluding hydrogens is 214 g/mol. The van der Waals surface area contributed by atoms with Crippen LogP contribution in [0.1, 0.15) is 18.4 Å². The van der Waals surface area contributed by atoms with Crippen molar-refractivity contribution in [1.29, 1.82) is 0 Å². The molecule has 0 radical (unpaired) electrons. The van der Waals surface area contributed by atoms with Crippen molar-refractivity contribution in [2.75, 3.05) is 26.8 Å². The number of piperidine rings is 1. The molecule has 0 saturated carbocycles. The number of hydrogen-bond acceptors (Lipinski definition) is 3. The van der Waals surface area contributed by atoms with Crippen LogP contribution in [0.4, 0.5) is 0 Å². The average molecular weight is 235 g/mol. The molecule has 1 aliphatic rings. The van der Waals surface area contributed by atoms with Crippen molar-refractivity contribution >= 4 is 0 Å². The van der Waals surface area contributed by atoms with E-state index in [0.29, 0.717) is 0 Å². The maximum atomic E-state index is 9.37. The lowest BCUT2D eigenvalue weighted by Crippen LogP contribution is -2.47. The summed E-state index contributed by atoms with van der Waals surface area (Å²) in [4.78, 5) is 2.42. The van der Waals surface area contributed by atoms with E-state index in [4.69, 9.17) is 4.74 Å². The Hall–Kier alpha value is -0.900. The molecule has 0 aromatic heterocycles. The Labute approximate surface area is 103 Å². The maximum Gasteiger partial charge on any atom is 0.0932 e. The molecule has 0 spiro atoms. The third-order valence-corrected chi connectivity index (χ3v) is 3.74. The second kappa shape index (κ2) is 5.63. The molecule has 17 heavy (non-hydrogen) atoms. The molecule has 1 aromatic rings. The fraction of sp³-hybridized carbons (Fsp3) is 0.571. The van der Waals surface area contributed by atoms with Crippen molar-refractivity contribution in [2.24, 2.45) is 0 Å². The standard InChI is InChI=1S/C14H21NO2/c1-17-14(12-16)7-9-15(10-8-14)11-13-5-3-2-4-6-13/h2-6,16H,7-12H2,1H3. The van der Waals surface area contributed by atoms with Gasteiger partial charge < -0.3 is 9.84 Å². The zero-order valence-electron chi connectivity index (χ0n) is 10.4. The molecule has 1 heterocycles. The van der Waals surface area contributed by atoms with Crippen molar-refractivity contribution < 1.29 is 9.84 Å². The van der Waals surface area contributed by atoms with Crippen molar-refractivity contribution in [1.82, 2.24) is 4.90 Å². The first-order valence-electron chi connectivity index (χ1n) is 6.20. The van der Waals surface area contributed by atoms with Gasteiger partial charge in [0.25, 0.3) is 0 Å². The van der Waals surface area contributed by atoms with E-state index < -0.39 is 0 Å². The number of benzene rings is 1. The van der Waals surface area contributed by atoms with E-state index in [-0.39, 0.29) is 12.2 Å². The molecule has 3 heteroatoms. The van der Waals surface area contributed by atoms with Gasteiger partial charge in [-0.15, -0.1) is 0 Å². The lowest BCUT2D eigenvalue weighted by atomic mass is 9.92. The molecule has 1 fully saturated rings. The maximum absolute atomic E-state index is 9.37. The molecule has 0 bridgehead atoms. The zero-order valence-corrected chi connectivity index (χ0v) is 10.4. The Kier molecular flexibility index (Phi) is 4.15. The van der Waals surface area contributed by atoms with Gasteiger partial charge >= 0.3 is 0 Å². The number of ether oxygens (including phenoxy) is 1. The first-order chi connectivity index (χ1) is 8.28. The SMILES string of the molecule is COC1(CO)CCN(Cc2ccccc2)CC1. The van der Waals surface area contributed by atoms with Gasteiger partial charge in [-0.25, -0.2) is 0 Å². The van der Waals surface area contributed by atoms with Crippen molar-refractivity contribution in [2.45, 2.75) is 25.0 Å². The topological polar surface area (TPSA) is 32.7 Å². The highest BCUT2D eigenvalue weighted by Gasteiger charge is 2.33. The van der Waals surface area contributed by atoms with Gasteiger partial charge in [-0.2, -0.15) is 0 Å². The Morgan fingerprint density at radius 2 is 1.88 bits per heavy atom. The number of aliphatic hydroxyl groups excluding tert-OH is 1. The first kappa shape index (κ1) is 12.6. The highest BCUT2D eigenvalue weighted by atomic mass is 16.5. The highest BCUT2D eigenvalue weighted by molar-refractivity contribution is 5.14. The molecule has 0 amide bonds. The summed E-state index contributed by atoms with van der Waals surface area (Å²) in [5, 5.41) is 9.37. The first-order valence-corrected chi connectivity index (χ1v) is 6.20. The smallest absolute Gasteiger partial charge is 0.0932 e. The third kappa shape index (κ3) is 3.06. The van der Waals surface area contributed by atoms with Crippen LogP contribution >= 0.6 is 0 Å². The fourth-order valence-corrected chi connectivity index (χ4v) is 2.39. The predicted octanol–water partition coefficient (Wildman–Crippen LogP) is 1.66. The van der Waals surface area contributed by atoms with Crippen LogP contribution < -0.4 is 0 Å². The van der Waals surface area contributed by atoms with Gasteiger partial charge in [-0.05, 0) is 18.4 Å². The molecule has 3 nitrogen and oxygen atoms in total. The van der Waals surface area contributed by atoms with Crippen LogP contribution in [0.3, 0.4) is 0 Å². The van der Waals surface area contributed by atoms with Gasteiger partial charge in [0.15, 0.2) is 0 Å². The fourth-order valence-electron chi connectivity index (χ4n) is 2.39.